The number of nitrogens with one attached hydrogen (secondary N) is 3. The first-order valence-corrected chi connectivity index (χ1v) is 8.50. The van der Waals surface area contributed by atoms with Crippen molar-refractivity contribution in [2.75, 3.05) is 19.6 Å². The van der Waals surface area contributed by atoms with Gasteiger partial charge in [0.05, 0.1) is 30.0 Å². The van der Waals surface area contributed by atoms with E-state index in [1.54, 1.807) is 0 Å². The number of aromatic nitrogens is 2. The number of quaternary nitrogens is 1. The van der Waals surface area contributed by atoms with E-state index >= 15 is 0 Å². The van der Waals surface area contributed by atoms with E-state index in [0.717, 1.165) is 42.8 Å². The van der Waals surface area contributed by atoms with Gasteiger partial charge in [0.15, 0.2) is 6.54 Å². The quantitative estimate of drug-likeness (QED) is 0.798. The van der Waals surface area contributed by atoms with Gasteiger partial charge in [0.2, 0.25) is 0 Å². The second kappa shape index (κ2) is 6.32. The maximum Gasteiger partial charge on any atom is 0.275 e. The van der Waals surface area contributed by atoms with Crippen molar-refractivity contribution in [1.29, 1.82) is 0 Å². The van der Waals surface area contributed by atoms with Crippen molar-refractivity contribution >= 4 is 16.9 Å². The monoisotopic (exact) mass is 315 g/mol. The number of rotatable bonds is 3. The highest BCUT2D eigenvalue weighted by atomic mass is 16.2. The third-order valence-corrected chi connectivity index (χ3v) is 4.34. The average molecular weight is 315 g/mol. The molecule has 5 heteroatoms. The molecule has 1 unspecified atom stereocenters. The molecule has 2 aromatic rings. The first-order chi connectivity index (χ1) is 10.9. The van der Waals surface area contributed by atoms with Crippen LogP contribution in [0.1, 0.15) is 45.4 Å². The number of fused-ring (bicyclic) bond motifs is 1. The summed E-state index contributed by atoms with van der Waals surface area (Å²) in [6.45, 7) is 8.65. The zero-order chi connectivity index (χ0) is 16.4. The van der Waals surface area contributed by atoms with Crippen molar-refractivity contribution in [2.45, 2.75) is 45.1 Å². The molecule has 124 valence electrons. The second-order valence-electron chi connectivity index (χ2n) is 7.66. The molecule has 1 aromatic carbocycles. The van der Waals surface area contributed by atoms with E-state index in [2.05, 4.69) is 16.4 Å². The molecular formula is C18H27N4O+. The van der Waals surface area contributed by atoms with Crippen molar-refractivity contribution in [2.24, 2.45) is 0 Å². The number of imidazole rings is 1. The van der Waals surface area contributed by atoms with Crippen molar-refractivity contribution in [1.82, 2.24) is 15.3 Å². The van der Waals surface area contributed by atoms with Crippen LogP contribution in [0, 0.1) is 0 Å². The van der Waals surface area contributed by atoms with Crippen LogP contribution in [0.4, 0.5) is 0 Å². The van der Waals surface area contributed by atoms with Gasteiger partial charge in [0, 0.05) is 5.54 Å². The maximum absolute atomic E-state index is 12.2. The molecule has 0 radical (unpaired) electrons. The van der Waals surface area contributed by atoms with Gasteiger partial charge >= 0.3 is 0 Å². The van der Waals surface area contributed by atoms with Crippen molar-refractivity contribution < 1.29 is 9.69 Å². The number of aromatic amines is 1. The summed E-state index contributed by atoms with van der Waals surface area (Å²) >= 11 is 0. The fourth-order valence-corrected chi connectivity index (χ4v) is 3.40. The fraction of sp³-hybridized carbons (Fsp3) is 0.556. The standard InChI is InChI=1S/C18H26N4O/c1-18(2,3)21-16(23)12-22-10-6-7-13(11-22)17-19-14-8-4-5-9-15(14)20-17/h4-5,8-9,13H,6-7,10-12H2,1-3H3,(H,19,20)(H,21,23)/p+1/t13-/m0/s1. The van der Waals surface area contributed by atoms with Crippen LogP contribution in [0.5, 0.6) is 0 Å². The number of amides is 1. The average Bonchev–Trinajstić information content (AvgIpc) is 2.89. The number of carbonyl (C=O) groups excluding carboxylic acids is 1. The summed E-state index contributed by atoms with van der Waals surface area (Å²) in [4.78, 5) is 21.7. The molecule has 1 fully saturated rings. The topological polar surface area (TPSA) is 62.2 Å². The van der Waals surface area contributed by atoms with E-state index in [4.69, 9.17) is 4.98 Å². The minimum Gasteiger partial charge on any atom is -0.347 e. The van der Waals surface area contributed by atoms with Gasteiger partial charge in [-0.1, -0.05) is 12.1 Å². The largest absolute Gasteiger partial charge is 0.347 e. The maximum atomic E-state index is 12.2. The molecule has 0 bridgehead atoms. The molecule has 2 atom stereocenters. The lowest BCUT2D eigenvalue weighted by Crippen LogP contribution is -3.14. The molecule has 0 saturated carbocycles. The molecule has 1 amide bonds. The van der Waals surface area contributed by atoms with E-state index in [1.807, 2.05) is 39.0 Å². The molecule has 5 nitrogen and oxygen atoms in total. The number of nitrogens with zero attached hydrogens (tertiary/aromatic N) is 1. The van der Waals surface area contributed by atoms with Crippen molar-refractivity contribution in [3.8, 4) is 0 Å². The molecule has 0 spiro atoms. The summed E-state index contributed by atoms with van der Waals surface area (Å²) < 4.78 is 0. The number of likely N-dealkylation sites (tertiary alicyclic amines) is 1. The number of benzene rings is 1. The number of carbonyl (C=O) groups is 1. The number of H-pyrrole nitrogens is 1. The Bertz CT molecular complexity index is 653. The van der Waals surface area contributed by atoms with Gasteiger partial charge in [-0.25, -0.2) is 4.98 Å². The van der Waals surface area contributed by atoms with Gasteiger partial charge in [-0.15, -0.1) is 0 Å². The lowest BCUT2D eigenvalue weighted by atomic mass is 9.97. The van der Waals surface area contributed by atoms with Gasteiger partial charge in [-0.3, -0.25) is 4.79 Å². The van der Waals surface area contributed by atoms with Crippen molar-refractivity contribution in [3.05, 3.63) is 30.1 Å². The molecule has 3 N–H and O–H groups in total. The summed E-state index contributed by atoms with van der Waals surface area (Å²) in [5.74, 6) is 1.62. The highest BCUT2D eigenvalue weighted by Gasteiger charge is 2.28. The van der Waals surface area contributed by atoms with E-state index in [0.29, 0.717) is 12.5 Å². The Morgan fingerprint density at radius 3 is 2.91 bits per heavy atom. The summed E-state index contributed by atoms with van der Waals surface area (Å²) in [7, 11) is 0. The summed E-state index contributed by atoms with van der Waals surface area (Å²) in [5, 5.41) is 3.06. The van der Waals surface area contributed by atoms with Crippen LogP contribution >= 0.6 is 0 Å². The minimum atomic E-state index is -0.162. The van der Waals surface area contributed by atoms with Crippen LogP contribution in [-0.4, -0.2) is 41.0 Å². The third-order valence-electron chi connectivity index (χ3n) is 4.34. The van der Waals surface area contributed by atoms with Crippen LogP contribution in [0.15, 0.2) is 24.3 Å². The van der Waals surface area contributed by atoms with Crippen LogP contribution in [0.2, 0.25) is 0 Å². The van der Waals surface area contributed by atoms with Gasteiger partial charge < -0.3 is 15.2 Å². The van der Waals surface area contributed by atoms with Crippen LogP contribution in [-0.2, 0) is 4.79 Å². The molecule has 3 rings (SSSR count). The molecule has 2 heterocycles. The van der Waals surface area contributed by atoms with Gasteiger partial charge in [-0.2, -0.15) is 0 Å². The van der Waals surface area contributed by atoms with Gasteiger partial charge in [0.25, 0.3) is 5.91 Å². The summed E-state index contributed by atoms with van der Waals surface area (Å²) in [6.07, 6.45) is 2.28. The number of hydrogen-bond acceptors (Lipinski definition) is 2. The molecule has 0 aliphatic carbocycles. The van der Waals surface area contributed by atoms with E-state index < -0.39 is 0 Å². The molecule has 1 aromatic heterocycles. The zero-order valence-corrected chi connectivity index (χ0v) is 14.3. The van der Waals surface area contributed by atoms with Crippen LogP contribution in [0.25, 0.3) is 11.0 Å². The third kappa shape index (κ3) is 4.10. The summed E-state index contributed by atoms with van der Waals surface area (Å²) in [5.41, 5.74) is 1.96. The van der Waals surface area contributed by atoms with E-state index in [9.17, 15) is 4.79 Å². The zero-order valence-electron chi connectivity index (χ0n) is 14.3. The first kappa shape index (κ1) is 16.0. The molecular weight excluding hydrogens is 288 g/mol. The Morgan fingerprint density at radius 1 is 1.39 bits per heavy atom. The fourth-order valence-electron chi connectivity index (χ4n) is 3.40. The SMILES string of the molecule is CC(C)(C)NC(=O)C[NH+]1CCC[C@H](c2nc3ccccc3[nH]2)C1. The van der Waals surface area contributed by atoms with Crippen LogP contribution in [0.3, 0.4) is 0 Å². The lowest BCUT2D eigenvalue weighted by Gasteiger charge is -2.29. The van der Waals surface area contributed by atoms with Gasteiger partial charge in [-0.05, 0) is 45.7 Å². The van der Waals surface area contributed by atoms with Crippen molar-refractivity contribution in [3.63, 3.8) is 0 Å². The predicted octanol–water partition coefficient (Wildman–Crippen LogP) is 1.24. The van der Waals surface area contributed by atoms with Crippen LogP contribution < -0.4 is 10.2 Å². The summed E-state index contributed by atoms with van der Waals surface area (Å²) in [6, 6.07) is 8.15. The predicted molar refractivity (Wildman–Crippen MR) is 91.5 cm³/mol. The molecule has 23 heavy (non-hydrogen) atoms. The van der Waals surface area contributed by atoms with E-state index in [-0.39, 0.29) is 11.4 Å². The Morgan fingerprint density at radius 2 is 2.17 bits per heavy atom. The normalized spacial score (nSPS) is 22.2. The smallest absolute Gasteiger partial charge is 0.275 e. The molecule has 1 saturated heterocycles. The Hall–Kier alpha value is -1.88. The first-order valence-electron chi connectivity index (χ1n) is 8.50. The Balaban J connectivity index is 1.65. The molecule has 1 aliphatic heterocycles. The lowest BCUT2D eigenvalue weighted by molar-refractivity contribution is -0.898. The molecule has 1 aliphatic rings. The number of para-hydroxylation sites is 2. The minimum absolute atomic E-state index is 0.137. The Kier molecular flexibility index (Phi) is 4.39. The number of piperidine rings is 1. The highest BCUT2D eigenvalue weighted by Crippen LogP contribution is 2.21. The Labute approximate surface area is 137 Å². The number of hydrogen-bond donors (Lipinski definition) is 3. The van der Waals surface area contributed by atoms with Gasteiger partial charge in [0.1, 0.15) is 5.82 Å². The second-order valence-corrected chi connectivity index (χ2v) is 7.66. The highest BCUT2D eigenvalue weighted by molar-refractivity contribution is 5.77. The van der Waals surface area contributed by atoms with E-state index in [1.165, 1.54) is 4.90 Å².